The van der Waals surface area contributed by atoms with E-state index in [0.717, 1.165) is 33.4 Å². The second-order valence-corrected chi connectivity index (χ2v) is 4.36. The van der Waals surface area contributed by atoms with Gasteiger partial charge in [0, 0.05) is 11.9 Å². The van der Waals surface area contributed by atoms with Crippen LogP contribution in [0.15, 0.2) is 30.5 Å². The maximum atomic E-state index is 9.34. The number of aryl methyl sites for hydroxylation is 1. The van der Waals surface area contributed by atoms with Crippen molar-refractivity contribution in [3.05, 3.63) is 41.7 Å². The van der Waals surface area contributed by atoms with E-state index in [1.54, 1.807) is 0 Å². The summed E-state index contributed by atoms with van der Waals surface area (Å²) < 4.78 is 0. The number of hydrogen-bond acceptors (Lipinski definition) is 3. The molecule has 0 amide bonds. The molecule has 0 aliphatic rings. The first-order valence-corrected chi connectivity index (χ1v) is 5.76. The Kier molecular flexibility index (Phi) is 2.30. The zero-order chi connectivity index (χ0) is 12.7. The minimum Gasteiger partial charge on any atom is -0.480 e. The van der Waals surface area contributed by atoms with Gasteiger partial charge in [-0.1, -0.05) is 6.07 Å². The normalized spacial score (nSPS) is 11.0. The Bertz CT molecular complexity index is 731. The van der Waals surface area contributed by atoms with E-state index in [0.29, 0.717) is 0 Å². The minimum absolute atomic E-state index is 0.0511. The van der Waals surface area contributed by atoms with Gasteiger partial charge in [-0.3, -0.25) is 4.98 Å². The summed E-state index contributed by atoms with van der Waals surface area (Å²) in [7, 11) is 0. The van der Waals surface area contributed by atoms with Gasteiger partial charge in [-0.05, 0) is 48.7 Å². The number of aromatic nitrogens is 3. The lowest BCUT2D eigenvalue weighted by atomic mass is 10.0. The van der Waals surface area contributed by atoms with Gasteiger partial charge >= 0.3 is 0 Å². The summed E-state index contributed by atoms with van der Waals surface area (Å²) in [4.78, 5) is 11.1. The largest absolute Gasteiger partial charge is 0.480 e. The maximum absolute atomic E-state index is 9.34. The van der Waals surface area contributed by atoms with Crippen LogP contribution in [-0.4, -0.2) is 20.1 Å². The van der Waals surface area contributed by atoms with Gasteiger partial charge < -0.3 is 10.1 Å². The lowest BCUT2D eigenvalue weighted by molar-refractivity contribution is 0.438. The highest BCUT2D eigenvalue weighted by molar-refractivity contribution is 5.83. The summed E-state index contributed by atoms with van der Waals surface area (Å²) in [6.07, 6.45) is 1.81. The molecule has 0 saturated carbocycles. The number of hydrogen-bond donors (Lipinski definition) is 2. The molecule has 0 atom stereocenters. The molecule has 2 N–H and O–H groups in total. The van der Waals surface area contributed by atoms with Gasteiger partial charge in [0.05, 0.1) is 11.0 Å². The SMILES string of the molecule is Cc1nccc(-c2ccc3[nH]c(O)nc3c2)c1C. The Morgan fingerprint density at radius 3 is 2.83 bits per heavy atom. The monoisotopic (exact) mass is 239 g/mol. The Balaban J connectivity index is 2.22. The first kappa shape index (κ1) is 10.8. The second-order valence-electron chi connectivity index (χ2n) is 4.36. The lowest BCUT2D eigenvalue weighted by Crippen LogP contribution is -1.90. The maximum Gasteiger partial charge on any atom is 0.292 e. The standard InChI is InChI=1S/C14H13N3O/c1-8-9(2)15-6-5-11(8)10-3-4-12-13(7-10)17-14(18)16-12/h3-7H,1-2H3,(H2,16,17,18). The molecule has 3 rings (SSSR count). The smallest absolute Gasteiger partial charge is 0.292 e. The zero-order valence-electron chi connectivity index (χ0n) is 10.2. The Hall–Kier alpha value is -2.36. The van der Waals surface area contributed by atoms with Crippen LogP contribution in [0.25, 0.3) is 22.2 Å². The van der Waals surface area contributed by atoms with Crippen LogP contribution in [0, 0.1) is 13.8 Å². The van der Waals surface area contributed by atoms with E-state index in [9.17, 15) is 5.11 Å². The van der Waals surface area contributed by atoms with Gasteiger partial charge in [0.15, 0.2) is 0 Å². The third kappa shape index (κ3) is 1.62. The molecule has 4 heteroatoms. The van der Waals surface area contributed by atoms with Gasteiger partial charge in [0.2, 0.25) is 0 Å². The van der Waals surface area contributed by atoms with Crippen molar-refractivity contribution in [3.8, 4) is 17.1 Å². The minimum atomic E-state index is -0.0511. The predicted octanol–water partition coefficient (Wildman–Crippen LogP) is 2.95. The summed E-state index contributed by atoms with van der Waals surface area (Å²) in [5.74, 6) is 0. The molecule has 0 unspecified atom stereocenters. The summed E-state index contributed by atoms with van der Waals surface area (Å²) in [5.41, 5.74) is 6.01. The average Bonchev–Trinajstić information content (AvgIpc) is 2.71. The van der Waals surface area contributed by atoms with Crippen molar-refractivity contribution in [3.63, 3.8) is 0 Å². The molecule has 0 aliphatic carbocycles. The van der Waals surface area contributed by atoms with E-state index >= 15 is 0 Å². The van der Waals surface area contributed by atoms with Crippen LogP contribution < -0.4 is 0 Å². The van der Waals surface area contributed by atoms with Crippen molar-refractivity contribution in [2.75, 3.05) is 0 Å². The Morgan fingerprint density at radius 1 is 1.17 bits per heavy atom. The number of fused-ring (bicyclic) bond motifs is 1. The summed E-state index contributed by atoms with van der Waals surface area (Å²) in [6.45, 7) is 4.06. The number of aromatic hydroxyl groups is 1. The number of rotatable bonds is 1. The first-order chi connectivity index (χ1) is 8.65. The molecule has 2 aromatic heterocycles. The summed E-state index contributed by atoms with van der Waals surface area (Å²) in [6, 6.07) is 7.85. The molecule has 18 heavy (non-hydrogen) atoms. The Labute approximate surface area is 104 Å². The molecule has 2 heterocycles. The molecule has 0 saturated heterocycles. The fourth-order valence-corrected chi connectivity index (χ4v) is 2.11. The van der Waals surface area contributed by atoms with E-state index in [1.165, 1.54) is 0 Å². The fraction of sp³-hybridized carbons (Fsp3) is 0.143. The van der Waals surface area contributed by atoms with Gasteiger partial charge in [-0.25, -0.2) is 0 Å². The predicted molar refractivity (Wildman–Crippen MR) is 70.5 cm³/mol. The van der Waals surface area contributed by atoms with Crippen LogP contribution in [0.3, 0.4) is 0 Å². The zero-order valence-corrected chi connectivity index (χ0v) is 10.2. The highest BCUT2D eigenvalue weighted by Gasteiger charge is 2.07. The number of benzene rings is 1. The fourth-order valence-electron chi connectivity index (χ4n) is 2.11. The molecule has 0 spiro atoms. The average molecular weight is 239 g/mol. The van der Waals surface area contributed by atoms with Crippen LogP contribution in [0.2, 0.25) is 0 Å². The molecule has 4 nitrogen and oxygen atoms in total. The van der Waals surface area contributed by atoms with Crippen LogP contribution in [-0.2, 0) is 0 Å². The number of nitrogens with one attached hydrogen (secondary N) is 1. The van der Waals surface area contributed by atoms with Crippen molar-refractivity contribution in [2.24, 2.45) is 0 Å². The molecule has 0 radical (unpaired) electrons. The number of imidazole rings is 1. The molecule has 90 valence electrons. The van der Waals surface area contributed by atoms with Crippen LogP contribution >= 0.6 is 0 Å². The van der Waals surface area contributed by atoms with E-state index < -0.39 is 0 Å². The number of H-pyrrole nitrogens is 1. The van der Waals surface area contributed by atoms with Crippen LogP contribution in [0.1, 0.15) is 11.3 Å². The van der Waals surface area contributed by atoms with E-state index in [1.807, 2.05) is 37.4 Å². The van der Waals surface area contributed by atoms with Crippen molar-refractivity contribution in [1.29, 1.82) is 0 Å². The van der Waals surface area contributed by atoms with Crippen molar-refractivity contribution in [1.82, 2.24) is 15.0 Å². The van der Waals surface area contributed by atoms with Crippen LogP contribution in [0.4, 0.5) is 0 Å². The van der Waals surface area contributed by atoms with E-state index in [2.05, 4.69) is 21.9 Å². The quantitative estimate of drug-likeness (QED) is 0.686. The number of aromatic amines is 1. The van der Waals surface area contributed by atoms with Gasteiger partial charge in [-0.2, -0.15) is 4.98 Å². The van der Waals surface area contributed by atoms with Gasteiger partial charge in [-0.15, -0.1) is 0 Å². The number of pyridine rings is 1. The molecule has 0 fully saturated rings. The molecule has 3 aromatic rings. The highest BCUT2D eigenvalue weighted by atomic mass is 16.3. The van der Waals surface area contributed by atoms with Crippen molar-refractivity contribution < 1.29 is 5.11 Å². The van der Waals surface area contributed by atoms with E-state index in [4.69, 9.17) is 0 Å². The molecular weight excluding hydrogens is 226 g/mol. The van der Waals surface area contributed by atoms with Crippen molar-refractivity contribution in [2.45, 2.75) is 13.8 Å². The van der Waals surface area contributed by atoms with Crippen molar-refractivity contribution >= 4 is 11.0 Å². The molecule has 0 aliphatic heterocycles. The topological polar surface area (TPSA) is 61.8 Å². The van der Waals surface area contributed by atoms with Gasteiger partial charge in [0.1, 0.15) is 0 Å². The second kappa shape index (κ2) is 3.84. The summed E-state index contributed by atoms with van der Waals surface area (Å²) >= 11 is 0. The molecular formula is C14H13N3O. The van der Waals surface area contributed by atoms with Crippen LogP contribution in [0.5, 0.6) is 6.01 Å². The Morgan fingerprint density at radius 2 is 2.00 bits per heavy atom. The molecule has 1 aromatic carbocycles. The highest BCUT2D eigenvalue weighted by Crippen LogP contribution is 2.27. The summed E-state index contributed by atoms with van der Waals surface area (Å²) in [5, 5.41) is 9.34. The lowest BCUT2D eigenvalue weighted by Gasteiger charge is -2.07. The third-order valence-electron chi connectivity index (χ3n) is 3.24. The van der Waals surface area contributed by atoms with E-state index in [-0.39, 0.29) is 6.01 Å². The molecule has 0 bridgehead atoms. The number of nitrogens with zero attached hydrogens (tertiary/aromatic N) is 2. The first-order valence-electron chi connectivity index (χ1n) is 5.76. The van der Waals surface area contributed by atoms with Gasteiger partial charge in [0.25, 0.3) is 6.01 Å². The third-order valence-corrected chi connectivity index (χ3v) is 3.24.